The molecule has 2 aromatic carbocycles. The lowest BCUT2D eigenvalue weighted by molar-refractivity contribution is -0.111. The van der Waals surface area contributed by atoms with Crippen LogP contribution in [0.1, 0.15) is 11.1 Å². The molecule has 0 aliphatic rings. The normalized spacial score (nSPS) is 10.8. The van der Waals surface area contributed by atoms with Crippen molar-refractivity contribution in [3.05, 3.63) is 83.2 Å². The van der Waals surface area contributed by atoms with Crippen molar-refractivity contribution in [2.75, 3.05) is 12.4 Å². The molecule has 0 radical (unpaired) electrons. The Morgan fingerprint density at radius 3 is 2.62 bits per heavy atom. The maximum absolute atomic E-state index is 12.0. The summed E-state index contributed by atoms with van der Waals surface area (Å²) in [5.41, 5.74) is 2.64. The largest absolute Gasteiger partial charge is 0.497 e. The van der Waals surface area contributed by atoms with Gasteiger partial charge >= 0.3 is 0 Å². The van der Waals surface area contributed by atoms with Gasteiger partial charge in [0.25, 0.3) is 0 Å². The summed E-state index contributed by atoms with van der Waals surface area (Å²) in [6.45, 7) is 0.606. The molecule has 26 heavy (non-hydrogen) atoms. The summed E-state index contributed by atoms with van der Waals surface area (Å²) in [5, 5.41) is 7.75. The van der Waals surface area contributed by atoms with Crippen LogP contribution in [0.3, 0.4) is 0 Å². The van der Waals surface area contributed by atoms with E-state index in [1.165, 1.54) is 6.08 Å². The van der Waals surface area contributed by atoms with Gasteiger partial charge in [-0.3, -0.25) is 9.48 Å². The maximum Gasteiger partial charge on any atom is 0.248 e. The number of benzene rings is 2. The van der Waals surface area contributed by atoms with Crippen molar-refractivity contribution in [3.63, 3.8) is 0 Å². The lowest BCUT2D eigenvalue weighted by Crippen LogP contribution is -2.07. The van der Waals surface area contributed by atoms with E-state index in [1.54, 1.807) is 30.3 Å². The molecule has 3 aromatic rings. The van der Waals surface area contributed by atoms with E-state index in [4.69, 9.17) is 16.3 Å². The third kappa shape index (κ3) is 4.97. The molecule has 0 spiro atoms. The van der Waals surface area contributed by atoms with Crippen LogP contribution in [0, 0.1) is 0 Å². The molecule has 0 atom stereocenters. The van der Waals surface area contributed by atoms with Crippen molar-refractivity contribution in [2.45, 2.75) is 6.54 Å². The zero-order valence-electron chi connectivity index (χ0n) is 14.2. The molecule has 6 heteroatoms. The lowest BCUT2D eigenvalue weighted by Gasteiger charge is -2.02. The van der Waals surface area contributed by atoms with Gasteiger partial charge in [-0.05, 0) is 41.5 Å². The number of carbonyl (C=O) groups is 1. The SMILES string of the molecule is COc1ccc(/C=C/C(=O)Nc2cnn(Cc3ccc(Cl)cc3)c2)cc1. The smallest absolute Gasteiger partial charge is 0.248 e. The van der Waals surface area contributed by atoms with Gasteiger partial charge in [0.15, 0.2) is 0 Å². The average Bonchev–Trinajstić information content (AvgIpc) is 3.09. The minimum absolute atomic E-state index is 0.216. The van der Waals surface area contributed by atoms with Crippen LogP contribution < -0.4 is 10.1 Å². The van der Waals surface area contributed by atoms with Crippen molar-refractivity contribution in [2.24, 2.45) is 0 Å². The number of halogens is 1. The second-order valence-electron chi connectivity index (χ2n) is 5.65. The van der Waals surface area contributed by atoms with Gasteiger partial charge in [-0.15, -0.1) is 0 Å². The third-order valence-electron chi connectivity index (χ3n) is 3.70. The summed E-state index contributed by atoms with van der Waals surface area (Å²) < 4.78 is 6.86. The Bertz CT molecular complexity index is 900. The predicted molar refractivity (Wildman–Crippen MR) is 103 cm³/mol. The summed E-state index contributed by atoms with van der Waals surface area (Å²) in [7, 11) is 1.62. The second kappa shape index (κ2) is 8.36. The van der Waals surface area contributed by atoms with Crippen LogP contribution in [0.15, 0.2) is 67.0 Å². The Morgan fingerprint density at radius 1 is 1.19 bits per heavy atom. The highest BCUT2D eigenvalue weighted by Gasteiger charge is 2.03. The van der Waals surface area contributed by atoms with Crippen LogP contribution in [0.4, 0.5) is 5.69 Å². The van der Waals surface area contributed by atoms with Crippen molar-refractivity contribution in [1.82, 2.24) is 9.78 Å². The zero-order chi connectivity index (χ0) is 18.4. The first-order chi connectivity index (χ1) is 12.6. The van der Waals surface area contributed by atoms with E-state index in [0.29, 0.717) is 17.3 Å². The summed E-state index contributed by atoms with van der Waals surface area (Å²) in [5.74, 6) is 0.562. The van der Waals surface area contributed by atoms with Gasteiger partial charge in [-0.2, -0.15) is 5.10 Å². The standard InChI is InChI=1S/C20H18ClN3O2/c1-26-19-9-4-15(5-10-19)6-11-20(25)23-18-12-22-24(14-18)13-16-2-7-17(21)8-3-16/h2-12,14H,13H2,1H3,(H,23,25)/b11-6+. The van der Waals surface area contributed by atoms with Gasteiger partial charge in [0, 0.05) is 17.3 Å². The van der Waals surface area contributed by atoms with Crippen LogP contribution in [-0.4, -0.2) is 22.8 Å². The number of aromatic nitrogens is 2. The number of anilines is 1. The Labute approximate surface area is 156 Å². The minimum Gasteiger partial charge on any atom is -0.497 e. The fourth-order valence-corrected chi connectivity index (χ4v) is 2.49. The molecule has 3 rings (SSSR count). The molecule has 0 saturated carbocycles. The maximum atomic E-state index is 12.0. The monoisotopic (exact) mass is 367 g/mol. The number of nitrogens with one attached hydrogen (secondary N) is 1. The molecule has 5 nitrogen and oxygen atoms in total. The Kier molecular flexibility index (Phi) is 5.71. The molecular weight excluding hydrogens is 350 g/mol. The van der Waals surface area contributed by atoms with Crippen LogP contribution in [0.25, 0.3) is 6.08 Å². The number of methoxy groups -OCH3 is 1. The Balaban J connectivity index is 1.56. The van der Waals surface area contributed by atoms with E-state index < -0.39 is 0 Å². The Hall–Kier alpha value is -3.05. The summed E-state index contributed by atoms with van der Waals surface area (Å²) in [6.07, 6.45) is 6.63. The molecule has 0 aliphatic carbocycles. The summed E-state index contributed by atoms with van der Waals surface area (Å²) in [6, 6.07) is 15.0. The number of rotatable bonds is 6. The van der Waals surface area contributed by atoms with Gasteiger partial charge < -0.3 is 10.1 Å². The van der Waals surface area contributed by atoms with Gasteiger partial charge in [-0.25, -0.2) is 0 Å². The number of hydrogen-bond acceptors (Lipinski definition) is 3. The first kappa shape index (κ1) is 17.8. The van der Waals surface area contributed by atoms with E-state index in [9.17, 15) is 4.79 Å². The Morgan fingerprint density at radius 2 is 1.92 bits per heavy atom. The molecule has 0 aliphatic heterocycles. The highest BCUT2D eigenvalue weighted by Crippen LogP contribution is 2.14. The number of amides is 1. The minimum atomic E-state index is -0.216. The van der Waals surface area contributed by atoms with E-state index in [1.807, 2.05) is 48.5 Å². The average molecular weight is 368 g/mol. The molecule has 1 heterocycles. The van der Waals surface area contributed by atoms with Crippen molar-refractivity contribution >= 4 is 29.3 Å². The van der Waals surface area contributed by atoms with E-state index in [-0.39, 0.29) is 5.91 Å². The quantitative estimate of drug-likeness (QED) is 0.663. The van der Waals surface area contributed by atoms with Crippen molar-refractivity contribution in [1.29, 1.82) is 0 Å². The highest BCUT2D eigenvalue weighted by atomic mass is 35.5. The molecule has 0 fully saturated rings. The topological polar surface area (TPSA) is 56.1 Å². The molecular formula is C20H18ClN3O2. The highest BCUT2D eigenvalue weighted by molar-refractivity contribution is 6.30. The van der Waals surface area contributed by atoms with E-state index in [0.717, 1.165) is 16.9 Å². The number of carbonyl (C=O) groups excluding carboxylic acids is 1. The van der Waals surface area contributed by atoms with E-state index >= 15 is 0 Å². The van der Waals surface area contributed by atoms with Gasteiger partial charge in [0.1, 0.15) is 5.75 Å². The van der Waals surface area contributed by atoms with Crippen LogP contribution in [0.5, 0.6) is 5.75 Å². The van der Waals surface area contributed by atoms with Gasteiger partial charge in [0.2, 0.25) is 5.91 Å². The van der Waals surface area contributed by atoms with E-state index in [2.05, 4.69) is 10.4 Å². The second-order valence-corrected chi connectivity index (χ2v) is 6.09. The molecule has 1 amide bonds. The molecule has 0 unspecified atom stereocenters. The third-order valence-corrected chi connectivity index (χ3v) is 3.95. The molecule has 0 bridgehead atoms. The van der Waals surface area contributed by atoms with Gasteiger partial charge in [0.05, 0.1) is 25.5 Å². The molecule has 0 saturated heterocycles. The van der Waals surface area contributed by atoms with Gasteiger partial charge in [-0.1, -0.05) is 35.9 Å². The number of ether oxygens (including phenoxy) is 1. The summed E-state index contributed by atoms with van der Waals surface area (Å²) in [4.78, 5) is 12.0. The number of hydrogen-bond donors (Lipinski definition) is 1. The van der Waals surface area contributed by atoms with Crippen molar-refractivity contribution in [3.8, 4) is 5.75 Å². The first-order valence-corrected chi connectivity index (χ1v) is 8.40. The first-order valence-electron chi connectivity index (χ1n) is 8.02. The predicted octanol–water partition coefficient (Wildman–Crippen LogP) is 4.25. The fraction of sp³-hybridized carbons (Fsp3) is 0.100. The zero-order valence-corrected chi connectivity index (χ0v) is 15.0. The lowest BCUT2D eigenvalue weighted by atomic mass is 10.2. The molecule has 1 N–H and O–H groups in total. The fourth-order valence-electron chi connectivity index (χ4n) is 2.36. The number of nitrogens with zero attached hydrogens (tertiary/aromatic N) is 2. The summed E-state index contributed by atoms with van der Waals surface area (Å²) >= 11 is 5.88. The molecule has 1 aromatic heterocycles. The van der Waals surface area contributed by atoms with Crippen molar-refractivity contribution < 1.29 is 9.53 Å². The van der Waals surface area contributed by atoms with Crippen LogP contribution in [-0.2, 0) is 11.3 Å². The van der Waals surface area contributed by atoms with Crippen LogP contribution >= 0.6 is 11.6 Å². The molecule has 132 valence electrons. The van der Waals surface area contributed by atoms with Crippen LogP contribution in [0.2, 0.25) is 5.02 Å².